The van der Waals surface area contributed by atoms with Crippen LogP contribution in [-0.4, -0.2) is 10.9 Å². The Hall–Kier alpha value is -2.89. The Kier molecular flexibility index (Phi) is 6.62. The summed E-state index contributed by atoms with van der Waals surface area (Å²) in [5.74, 6) is 1.00. The molecule has 0 bridgehead atoms. The first-order chi connectivity index (χ1) is 14.7. The summed E-state index contributed by atoms with van der Waals surface area (Å²) in [5.41, 5.74) is 1.46. The van der Waals surface area contributed by atoms with Gasteiger partial charge in [-0.3, -0.25) is 0 Å². The topological polar surface area (TPSA) is 50.4 Å². The van der Waals surface area contributed by atoms with E-state index >= 15 is 0 Å². The molecule has 0 atom stereocenters. The van der Waals surface area contributed by atoms with E-state index in [1.165, 1.54) is 23.4 Å². The van der Waals surface area contributed by atoms with Crippen molar-refractivity contribution >= 4 is 23.5 Å². The van der Waals surface area contributed by atoms with Gasteiger partial charge in [-0.05, 0) is 30.2 Å². The molecule has 0 unspecified atom stereocenters. The van der Waals surface area contributed by atoms with E-state index in [1.54, 1.807) is 11.8 Å². The molecular weight excluding hydrogens is 412 g/mol. The van der Waals surface area contributed by atoms with Crippen LogP contribution in [0.3, 0.4) is 0 Å². The van der Waals surface area contributed by atoms with Gasteiger partial charge in [-0.25, -0.2) is 4.79 Å². The lowest BCUT2D eigenvalue weighted by molar-refractivity contribution is 0.430. The lowest BCUT2D eigenvalue weighted by atomic mass is 10.1. The van der Waals surface area contributed by atoms with Crippen molar-refractivity contribution in [1.82, 2.24) is 0 Å². The highest BCUT2D eigenvalue weighted by atomic mass is 32.2. The van der Waals surface area contributed by atoms with E-state index in [1.807, 2.05) is 84.9 Å². The van der Waals surface area contributed by atoms with Crippen molar-refractivity contribution < 1.29 is 9.52 Å². The number of aromatic hydroxyl groups is 1. The standard InChI is InChI=1S/C25H20O3S2/c26-21-17-22(20-13-7-8-14-23(20)30-19-11-5-2-6-12-19)28-25(27)24(21)29-16-15-18-9-3-1-4-10-18/h1-14,17,26H,15-16H2. The number of aryl methyl sites for hydroxylation is 1. The molecule has 0 amide bonds. The Balaban J connectivity index is 1.55. The van der Waals surface area contributed by atoms with Crippen LogP contribution in [0.15, 0.2) is 115 Å². The SMILES string of the molecule is O=c1oc(-c2ccccc2Sc2ccccc2)cc(O)c1SCCc1ccccc1. The summed E-state index contributed by atoms with van der Waals surface area (Å²) in [5, 5.41) is 10.5. The van der Waals surface area contributed by atoms with E-state index in [9.17, 15) is 9.90 Å². The molecular formula is C25H20O3S2. The number of rotatable bonds is 7. The average molecular weight is 433 g/mol. The third-order valence-corrected chi connectivity index (χ3v) is 6.65. The number of hydrogen-bond donors (Lipinski definition) is 1. The Bertz CT molecular complexity index is 1170. The summed E-state index contributed by atoms with van der Waals surface area (Å²) >= 11 is 2.91. The lowest BCUT2D eigenvalue weighted by Crippen LogP contribution is -2.04. The summed E-state index contributed by atoms with van der Waals surface area (Å²) in [6, 6.07) is 29.3. The Morgan fingerprint density at radius 1 is 0.833 bits per heavy atom. The predicted molar refractivity (Wildman–Crippen MR) is 124 cm³/mol. The van der Waals surface area contributed by atoms with Crippen LogP contribution in [0.1, 0.15) is 5.56 Å². The minimum Gasteiger partial charge on any atom is -0.506 e. The molecule has 1 aromatic heterocycles. The van der Waals surface area contributed by atoms with Crippen LogP contribution >= 0.6 is 23.5 Å². The summed E-state index contributed by atoms with van der Waals surface area (Å²) in [6.07, 6.45) is 0.808. The van der Waals surface area contributed by atoms with Gasteiger partial charge in [-0.1, -0.05) is 78.5 Å². The van der Waals surface area contributed by atoms with Gasteiger partial charge in [0, 0.05) is 27.2 Å². The van der Waals surface area contributed by atoms with Gasteiger partial charge in [0.25, 0.3) is 0 Å². The zero-order valence-electron chi connectivity index (χ0n) is 16.2. The van der Waals surface area contributed by atoms with Crippen LogP contribution in [-0.2, 0) is 6.42 Å². The van der Waals surface area contributed by atoms with E-state index in [0.717, 1.165) is 21.8 Å². The zero-order valence-corrected chi connectivity index (χ0v) is 17.8. The smallest absolute Gasteiger partial charge is 0.353 e. The highest BCUT2D eigenvalue weighted by Gasteiger charge is 2.15. The molecule has 0 aliphatic carbocycles. The van der Waals surface area contributed by atoms with Gasteiger partial charge in [0.05, 0.1) is 0 Å². The van der Waals surface area contributed by atoms with Crippen LogP contribution < -0.4 is 5.63 Å². The van der Waals surface area contributed by atoms with Crippen LogP contribution in [0, 0.1) is 0 Å². The summed E-state index contributed by atoms with van der Waals surface area (Å²) in [6.45, 7) is 0. The van der Waals surface area contributed by atoms with Crippen LogP contribution in [0.4, 0.5) is 0 Å². The second-order valence-corrected chi connectivity index (χ2v) is 8.83. The number of thioether (sulfide) groups is 1. The van der Waals surface area contributed by atoms with Gasteiger partial charge in [0.1, 0.15) is 16.4 Å². The fourth-order valence-electron chi connectivity index (χ4n) is 3.03. The first-order valence-corrected chi connectivity index (χ1v) is 11.4. The molecule has 0 aliphatic heterocycles. The maximum absolute atomic E-state index is 12.6. The van der Waals surface area contributed by atoms with Crippen LogP contribution in [0.5, 0.6) is 5.75 Å². The van der Waals surface area contributed by atoms with Crippen LogP contribution in [0.2, 0.25) is 0 Å². The van der Waals surface area contributed by atoms with E-state index in [4.69, 9.17) is 4.42 Å². The van der Waals surface area contributed by atoms with Crippen LogP contribution in [0.25, 0.3) is 11.3 Å². The quantitative estimate of drug-likeness (QED) is 0.338. The normalized spacial score (nSPS) is 10.8. The molecule has 0 saturated carbocycles. The largest absolute Gasteiger partial charge is 0.506 e. The van der Waals surface area contributed by atoms with Crippen molar-refractivity contribution in [3.8, 4) is 17.1 Å². The van der Waals surface area contributed by atoms with Gasteiger partial charge in [0.15, 0.2) is 0 Å². The molecule has 3 aromatic carbocycles. The highest BCUT2D eigenvalue weighted by Crippen LogP contribution is 2.37. The summed E-state index contributed by atoms with van der Waals surface area (Å²) in [4.78, 5) is 14.9. The fraction of sp³-hybridized carbons (Fsp3) is 0.0800. The second kappa shape index (κ2) is 9.74. The molecule has 5 heteroatoms. The number of benzene rings is 3. The molecule has 0 radical (unpaired) electrons. The molecule has 150 valence electrons. The highest BCUT2D eigenvalue weighted by molar-refractivity contribution is 7.99. The molecule has 30 heavy (non-hydrogen) atoms. The average Bonchev–Trinajstić information content (AvgIpc) is 2.77. The molecule has 0 fully saturated rings. The van der Waals surface area contributed by atoms with Gasteiger partial charge in [0.2, 0.25) is 0 Å². The van der Waals surface area contributed by atoms with Gasteiger partial charge < -0.3 is 9.52 Å². The summed E-state index contributed by atoms with van der Waals surface area (Å²) < 4.78 is 5.61. The molecule has 0 spiro atoms. The Morgan fingerprint density at radius 3 is 2.23 bits per heavy atom. The maximum Gasteiger partial charge on any atom is 0.353 e. The zero-order chi connectivity index (χ0) is 20.8. The van der Waals surface area contributed by atoms with E-state index < -0.39 is 5.63 Å². The monoisotopic (exact) mass is 432 g/mol. The predicted octanol–water partition coefficient (Wildman–Crippen LogP) is 6.50. The summed E-state index contributed by atoms with van der Waals surface area (Å²) in [7, 11) is 0. The molecule has 0 saturated heterocycles. The lowest BCUT2D eigenvalue weighted by Gasteiger charge is -2.10. The van der Waals surface area contributed by atoms with Gasteiger partial charge in [-0.2, -0.15) is 0 Å². The first-order valence-electron chi connectivity index (χ1n) is 9.57. The van der Waals surface area contributed by atoms with Crippen molar-refractivity contribution in [3.63, 3.8) is 0 Å². The Labute approximate surface area is 183 Å². The molecule has 1 heterocycles. The van der Waals surface area contributed by atoms with Crippen molar-refractivity contribution in [2.45, 2.75) is 21.1 Å². The molecule has 4 aromatic rings. The van der Waals surface area contributed by atoms with E-state index in [0.29, 0.717) is 11.5 Å². The first kappa shape index (κ1) is 20.4. The van der Waals surface area contributed by atoms with Crippen molar-refractivity contribution in [3.05, 3.63) is 107 Å². The molecule has 3 nitrogen and oxygen atoms in total. The third kappa shape index (κ3) is 4.99. The van der Waals surface area contributed by atoms with E-state index in [2.05, 4.69) is 0 Å². The minimum atomic E-state index is -0.512. The maximum atomic E-state index is 12.6. The van der Waals surface area contributed by atoms with Crippen molar-refractivity contribution in [2.24, 2.45) is 0 Å². The number of hydrogen-bond acceptors (Lipinski definition) is 5. The van der Waals surface area contributed by atoms with Gasteiger partial charge in [-0.15, -0.1) is 11.8 Å². The fourth-order valence-corrected chi connectivity index (χ4v) is 4.91. The molecule has 0 aliphatic rings. The molecule has 4 rings (SSSR count). The van der Waals surface area contributed by atoms with Crippen molar-refractivity contribution in [2.75, 3.05) is 5.75 Å². The second-order valence-electron chi connectivity index (χ2n) is 6.61. The molecule has 1 N–H and O–H groups in total. The Morgan fingerprint density at radius 2 is 1.50 bits per heavy atom. The third-order valence-electron chi connectivity index (χ3n) is 4.49. The van der Waals surface area contributed by atoms with Gasteiger partial charge >= 0.3 is 5.63 Å². The minimum absolute atomic E-state index is 0.0428. The van der Waals surface area contributed by atoms with E-state index in [-0.39, 0.29) is 10.6 Å². The van der Waals surface area contributed by atoms with Crippen molar-refractivity contribution in [1.29, 1.82) is 0 Å².